The number of halogens is 6. The SMILES string of the molecule is CC/C(C)=C(/N=C(\OC)C(F)(F)F)c1cnn2c(C3CCN(C(=O)C(F)(F)F)CC3)cc(=O)[nH]c12. The molecule has 8 nitrogen and oxygen atoms in total. The molecule has 3 heterocycles. The molecule has 1 aliphatic heterocycles. The lowest BCUT2D eigenvalue weighted by Crippen LogP contribution is -2.45. The molecule has 35 heavy (non-hydrogen) atoms. The highest BCUT2D eigenvalue weighted by molar-refractivity contribution is 5.90. The number of aliphatic imine (C=N–C) groups is 1. The number of likely N-dealkylation sites (tertiary alicyclic amines) is 1. The fraction of sp³-hybridized carbons (Fsp3) is 0.524. The molecular formula is C21H23F6N5O3. The second-order valence-electron chi connectivity index (χ2n) is 8.04. The molecule has 0 unspecified atom stereocenters. The van der Waals surface area contributed by atoms with Crippen LogP contribution in [-0.4, -0.2) is 63.9 Å². The van der Waals surface area contributed by atoms with Crippen molar-refractivity contribution in [2.24, 2.45) is 4.99 Å². The number of piperidine rings is 1. The van der Waals surface area contributed by atoms with Crippen LogP contribution in [0.5, 0.6) is 0 Å². The highest BCUT2D eigenvalue weighted by atomic mass is 19.4. The Kier molecular flexibility index (Phi) is 7.31. The first kappa shape index (κ1) is 26.3. The van der Waals surface area contributed by atoms with E-state index in [2.05, 4.69) is 19.8 Å². The van der Waals surface area contributed by atoms with E-state index in [1.54, 1.807) is 13.8 Å². The van der Waals surface area contributed by atoms with Crippen molar-refractivity contribution in [3.63, 3.8) is 0 Å². The first-order chi connectivity index (χ1) is 16.3. The van der Waals surface area contributed by atoms with Gasteiger partial charge in [-0.1, -0.05) is 6.92 Å². The second kappa shape index (κ2) is 9.74. The summed E-state index contributed by atoms with van der Waals surface area (Å²) >= 11 is 0. The number of allylic oxidation sites excluding steroid dienone is 1. The smallest absolute Gasteiger partial charge is 0.471 e. The van der Waals surface area contributed by atoms with Gasteiger partial charge in [-0.2, -0.15) is 31.4 Å². The number of hydrogen-bond acceptors (Lipinski definition) is 5. The number of carbonyl (C=O) groups is 1. The molecule has 1 N–H and O–H groups in total. The van der Waals surface area contributed by atoms with E-state index in [9.17, 15) is 35.9 Å². The molecule has 0 bridgehead atoms. The number of methoxy groups -OCH3 is 1. The summed E-state index contributed by atoms with van der Waals surface area (Å²) in [6.45, 7) is 2.97. The molecule has 0 aliphatic carbocycles. The fourth-order valence-electron chi connectivity index (χ4n) is 3.91. The van der Waals surface area contributed by atoms with Gasteiger partial charge in [0.05, 0.1) is 30.3 Å². The van der Waals surface area contributed by atoms with Gasteiger partial charge in [0.2, 0.25) is 0 Å². The zero-order chi connectivity index (χ0) is 26.1. The quantitative estimate of drug-likeness (QED) is 0.384. The van der Waals surface area contributed by atoms with Crippen molar-refractivity contribution in [2.75, 3.05) is 20.2 Å². The molecule has 3 rings (SSSR count). The second-order valence-corrected chi connectivity index (χ2v) is 8.04. The molecule has 1 aliphatic rings. The van der Waals surface area contributed by atoms with Crippen molar-refractivity contribution in [1.29, 1.82) is 0 Å². The molecule has 0 spiro atoms. The number of hydrogen-bond donors (Lipinski definition) is 1. The number of fused-ring (bicyclic) bond motifs is 1. The van der Waals surface area contributed by atoms with Gasteiger partial charge >= 0.3 is 18.3 Å². The number of amides is 1. The average Bonchev–Trinajstić information content (AvgIpc) is 3.20. The number of aromatic nitrogens is 3. The van der Waals surface area contributed by atoms with E-state index in [0.717, 1.165) is 7.11 Å². The molecule has 0 atom stereocenters. The van der Waals surface area contributed by atoms with E-state index in [0.29, 0.717) is 22.6 Å². The van der Waals surface area contributed by atoms with E-state index in [1.165, 1.54) is 16.8 Å². The van der Waals surface area contributed by atoms with Crippen LogP contribution in [0.3, 0.4) is 0 Å². The Bertz CT molecular complexity index is 1220. The molecule has 0 saturated carbocycles. The summed E-state index contributed by atoms with van der Waals surface area (Å²) in [6.07, 6.45) is -7.92. The first-order valence-corrected chi connectivity index (χ1v) is 10.6. The molecule has 14 heteroatoms. The van der Waals surface area contributed by atoms with Crippen molar-refractivity contribution in [3.8, 4) is 0 Å². The topological polar surface area (TPSA) is 92.1 Å². The maximum Gasteiger partial charge on any atom is 0.471 e. The molecular weight excluding hydrogens is 484 g/mol. The van der Waals surface area contributed by atoms with Crippen molar-refractivity contribution >= 4 is 23.1 Å². The summed E-state index contributed by atoms with van der Waals surface area (Å²) in [6, 6.07) is 1.24. The minimum Gasteiger partial charge on any atom is -0.478 e. The average molecular weight is 507 g/mol. The predicted octanol–water partition coefficient (Wildman–Crippen LogP) is 4.04. The summed E-state index contributed by atoms with van der Waals surface area (Å²) in [4.78, 5) is 30.9. The summed E-state index contributed by atoms with van der Waals surface area (Å²) < 4.78 is 83.8. The number of rotatable bonds is 4. The van der Waals surface area contributed by atoms with Crippen LogP contribution >= 0.6 is 0 Å². The molecule has 0 aromatic carbocycles. The number of H-pyrrole nitrogens is 1. The standard InChI is InChI=1S/C21H23F6N5O3/c1-4-11(2)16(30-18(35-3)20(22,23)24)13-10-28-32-14(9-15(33)29-17(13)32)12-5-7-31(8-6-12)19(34)21(25,26)27/h9-10,12H,4-8H2,1-3H3,(H,29,33)/b16-11+,30-18-. The highest BCUT2D eigenvalue weighted by Crippen LogP contribution is 2.32. The normalized spacial score (nSPS) is 17.1. The largest absolute Gasteiger partial charge is 0.478 e. The number of carbonyl (C=O) groups excluding carboxylic acids is 1. The van der Waals surface area contributed by atoms with Crippen molar-refractivity contribution in [2.45, 2.75) is 51.4 Å². The van der Waals surface area contributed by atoms with Crippen LogP contribution < -0.4 is 5.56 Å². The maximum atomic E-state index is 13.3. The number of nitrogens with one attached hydrogen (secondary N) is 1. The number of aromatic amines is 1. The lowest BCUT2D eigenvalue weighted by atomic mass is 9.93. The van der Waals surface area contributed by atoms with Crippen LogP contribution in [0, 0.1) is 0 Å². The Balaban J connectivity index is 2.04. The van der Waals surface area contributed by atoms with E-state index in [1.807, 2.05) is 0 Å². The fourth-order valence-corrected chi connectivity index (χ4v) is 3.91. The molecule has 2 aromatic heterocycles. The van der Waals surface area contributed by atoms with Gasteiger partial charge in [-0.3, -0.25) is 9.59 Å². The Morgan fingerprint density at radius 1 is 1.20 bits per heavy atom. The Morgan fingerprint density at radius 2 is 1.83 bits per heavy atom. The van der Waals surface area contributed by atoms with E-state index >= 15 is 0 Å². The zero-order valence-electron chi connectivity index (χ0n) is 19.0. The highest BCUT2D eigenvalue weighted by Gasteiger charge is 2.43. The number of alkyl halides is 6. The molecule has 1 fully saturated rings. The minimum atomic E-state index is -4.97. The van der Waals surface area contributed by atoms with Crippen molar-refractivity contribution in [1.82, 2.24) is 19.5 Å². The molecule has 1 amide bonds. The van der Waals surface area contributed by atoms with Crippen LogP contribution in [0.2, 0.25) is 0 Å². The first-order valence-electron chi connectivity index (χ1n) is 10.6. The van der Waals surface area contributed by atoms with E-state index in [4.69, 9.17) is 0 Å². The van der Waals surface area contributed by atoms with Gasteiger partial charge < -0.3 is 14.6 Å². The molecule has 2 aromatic rings. The third kappa shape index (κ3) is 5.51. The molecule has 192 valence electrons. The van der Waals surface area contributed by atoms with Crippen LogP contribution in [0.1, 0.15) is 50.3 Å². The van der Waals surface area contributed by atoms with Crippen molar-refractivity contribution in [3.05, 3.63) is 39.4 Å². The zero-order valence-corrected chi connectivity index (χ0v) is 19.0. The molecule has 1 saturated heterocycles. The summed E-state index contributed by atoms with van der Waals surface area (Å²) in [7, 11) is 0.844. The number of ether oxygens (including phenoxy) is 1. The summed E-state index contributed by atoms with van der Waals surface area (Å²) in [5.41, 5.74) is 0.425. The van der Waals surface area contributed by atoms with Crippen LogP contribution in [0.25, 0.3) is 11.3 Å². The maximum absolute atomic E-state index is 13.3. The lowest BCUT2D eigenvalue weighted by Gasteiger charge is -2.32. The van der Waals surface area contributed by atoms with Crippen LogP contribution in [-0.2, 0) is 9.53 Å². The van der Waals surface area contributed by atoms with Crippen LogP contribution in [0.15, 0.2) is 27.6 Å². The minimum absolute atomic E-state index is 0.0740. The predicted molar refractivity (Wildman–Crippen MR) is 114 cm³/mol. The van der Waals surface area contributed by atoms with Gasteiger partial charge in [-0.25, -0.2) is 9.51 Å². The van der Waals surface area contributed by atoms with Gasteiger partial charge in [-0.05, 0) is 31.8 Å². The summed E-state index contributed by atoms with van der Waals surface area (Å²) in [5, 5.41) is 4.22. The third-order valence-electron chi connectivity index (χ3n) is 5.82. The van der Waals surface area contributed by atoms with E-state index < -0.39 is 35.6 Å². The van der Waals surface area contributed by atoms with Crippen molar-refractivity contribution < 1.29 is 35.9 Å². The number of nitrogens with zero attached hydrogens (tertiary/aromatic N) is 4. The molecule has 0 radical (unpaired) electrons. The van der Waals surface area contributed by atoms with Gasteiger partial charge in [-0.15, -0.1) is 0 Å². The monoisotopic (exact) mass is 507 g/mol. The van der Waals surface area contributed by atoms with Crippen LogP contribution in [0.4, 0.5) is 26.3 Å². The Morgan fingerprint density at radius 3 is 2.34 bits per heavy atom. The Labute approximate surface area is 195 Å². The van der Waals surface area contributed by atoms with E-state index in [-0.39, 0.29) is 42.8 Å². The van der Waals surface area contributed by atoms with Gasteiger partial charge in [0.1, 0.15) is 5.65 Å². The van der Waals surface area contributed by atoms with Gasteiger partial charge in [0.25, 0.3) is 11.5 Å². The van der Waals surface area contributed by atoms with Gasteiger partial charge in [0, 0.05) is 25.1 Å². The summed E-state index contributed by atoms with van der Waals surface area (Å²) in [5.74, 6) is -3.80. The lowest BCUT2D eigenvalue weighted by molar-refractivity contribution is -0.186. The third-order valence-corrected chi connectivity index (χ3v) is 5.82. The Hall–Kier alpha value is -3.32. The van der Waals surface area contributed by atoms with Gasteiger partial charge in [0.15, 0.2) is 0 Å².